The second-order valence-electron chi connectivity index (χ2n) is 8.40. The number of nitrogen functional groups attached to an aromatic ring is 1. The van der Waals surface area contributed by atoms with Gasteiger partial charge in [-0.05, 0) is 20.8 Å². The van der Waals surface area contributed by atoms with Crippen molar-refractivity contribution in [3.8, 4) is 12.3 Å². The molecule has 0 radical (unpaired) electrons. The smallest absolute Gasteiger partial charge is 0.440 e. The van der Waals surface area contributed by atoms with E-state index in [0.717, 1.165) is 0 Å². The van der Waals surface area contributed by atoms with Crippen LogP contribution in [0.4, 0.5) is 16.2 Å². The Morgan fingerprint density at radius 3 is 2.80 bits per heavy atom. The number of terminal acetylenes is 1. The van der Waals surface area contributed by atoms with E-state index < -0.39 is 43.2 Å². The van der Waals surface area contributed by atoms with Gasteiger partial charge in [-0.25, -0.2) is 9.37 Å². The van der Waals surface area contributed by atoms with E-state index in [1.807, 2.05) is 5.92 Å². The van der Waals surface area contributed by atoms with Crippen molar-refractivity contribution in [3.63, 3.8) is 0 Å². The number of fused-ring (bicyclic) bond motifs is 1. The number of aliphatic hydroxyl groups is 1. The number of anilines is 2. The fourth-order valence-electron chi connectivity index (χ4n) is 3.44. The largest absolute Gasteiger partial charge is 0.462 e. The van der Waals surface area contributed by atoms with Gasteiger partial charge in [0.25, 0.3) is 0 Å². The number of aromatic nitrogens is 4. The maximum atomic E-state index is 15.9. The van der Waals surface area contributed by atoms with E-state index in [0.29, 0.717) is 11.3 Å². The second-order valence-corrected chi connectivity index (χ2v) is 10.4. The van der Waals surface area contributed by atoms with Crippen LogP contribution >= 0.6 is 7.07 Å². The highest BCUT2D eigenvalue weighted by Crippen LogP contribution is 2.43. The highest BCUT2D eigenvalue weighted by atomic mass is 32.4. The first kappa shape index (κ1) is 27.1. The zero-order valence-electron chi connectivity index (χ0n) is 19.9. The molecule has 1 aliphatic rings. The lowest BCUT2D eigenvalue weighted by molar-refractivity contribution is -0.148. The summed E-state index contributed by atoms with van der Waals surface area (Å²) in [5.74, 6) is 1.88. The standard InChI is InChI=1S/C20H28FN7O5PS/c1-7-20(21)14(29)12(8-31-34(35)26-11(4)17(30)32-10(2)3)33-18(20)28-9-23-13-15(27(5)6)24-19(22)25-16(13)28/h1,9-12,14,18,29H,8H2,2-6H3,(H,26,35)(H2,22,24,25)/q+1/t11-,12-,14-,18-,20-/m1/s1. The molecule has 6 atom stereocenters. The topological polar surface area (TPSA) is 150 Å². The number of nitrogens with two attached hydrogens (primary N) is 1. The van der Waals surface area contributed by atoms with Crippen molar-refractivity contribution < 1.29 is 28.3 Å². The number of rotatable bonds is 9. The van der Waals surface area contributed by atoms with Crippen LogP contribution in [0.25, 0.3) is 11.2 Å². The lowest BCUT2D eigenvalue weighted by atomic mass is 9.97. The highest BCUT2D eigenvalue weighted by Gasteiger charge is 2.58. The molecule has 0 amide bonds. The van der Waals surface area contributed by atoms with Gasteiger partial charge in [-0.3, -0.25) is 9.36 Å². The quantitative estimate of drug-likeness (QED) is 0.240. The van der Waals surface area contributed by atoms with E-state index in [-0.39, 0.29) is 24.3 Å². The maximum Gasteiger partial charge on any atom is 0.440 e. The first-order chi connectivity index (χ1) is 16.4. The molecule has 0 aromatic carbocycles. The monoisotopic (exact) mass is 528 g/mol. The summed E-state index contributed by atoms with van der Waals surface area (Å²) in [6.07, 6.45) is 2.10. The van der Waals surface area contributed by atoms with Crippen molar-refractivity contribution >= 4 is 47.8 Å². The summed E-state index contributed by atoms with van der Waals surface area (Å²) in [7, 11) is 1.74. The maximum absolute atomic E-state index is 15.9. The van der Waals surface area contributed by atoms with E-state index in [9.17, 15) is 9.90 Å². The van der Waals surface area contributed by atoms with E-state index in [1.54, 1.807) is 39.8 Å². The van der Waals surface area contributed by atoms with Gasteiger partial charge in [-0.15, -0.1) is 10.9 Å². The Morgan fingerprint density at radius 1 is 1.51 bits per heavy atom. The zero-order chi connectivity index (χ0) is 26.1. The Morgan fingerprint density at radius 2 is 2.20 bits per heavy atom. The molecule has 0 aliphatic carbocycles. The Bertz CT molecular complexity index is 1160. The number of imidazole rings is 1. The number of esters is 1. The van der Waals surface area contributed by atoms with E-state index >= 15 is 4.39 Å². The number of carbonyl (C=O) groups is 1. The lowest BCUT2D eigenvalue weighted by Gasteiger charge is -2.23. The van der Waals surface area contributed by atoms with E-state index in [4.69, 9.17) is 38.0 Å². The van der Waals surface area contributed by atoms with Gasteiger partial charge in [0.2, 0.25) is 23.4 Å². The molecule has 12 nitrogen and oxygen atoms in total. The molecule has 0 bridgehead atoms. The van der Waals surface area contributed by atoms with Crippen LogP contribution < -0.4 is 15.7 Å². The second kappa shape index (κ2) is 10.6. The molecule has 3 heterocycles. The molecule has 1 aliphatic heterocycles. The van der Waals surface area contributed by atoms with Gasteiger partial charge in [0, 0.05) is 14.1 Å². The molecule has 35 heavy (non-hydrogen) atoms. The zero-order valence-corrected chi connectivity index (χ0v) is 21.6. The molecule has 3 rings (SSSR count). The summed E-state index contributed by atoms with van der Waals surface area (Å²) >= 11 is 5.23. The van der Waals surface area contributed by atoms with Crippen LogP contribution in [-0.2, 0) is 30.6 Å². The van der Waals surface area contributed by atoms with Crippen molar-refractivity contribution in [3.05, 3.63) is 6.33 Å². The number of nitrogens with one attached hydrogen (secondary N) is 1. The number of hydrogen-bond acceptors (Lipinski definition) is 11. The Labute approximate surface area is 207 Å². The molecule has 0 spiro atoms. The van der Waals surface area contributed by atoms with Crippen molar-refractivity contribution in [2.75, 3.05) is 31.3 Å². The minimum Gasteiger partial charge on any atom is -0.462 e. The van der Waals surface area contributed by atoms with Crippen LogP contribution in [0, 0.1) is 12.3 Å². The number of hydrogen-bond donors (Lipinski definition) is 3. The van der Waals surface area contributed by atoms with Crippen LogP contribution in [0.1, 0.15) is 27.0 Å². The van der Waals surface area contributed by atoms with Gasteiger partial charge in [-0.1, -0.05) is 11.0 Å². The van der Waals surface area contributed by atoms with Crippen LogP contribution in [0.5, 0.6) is 0 Å². The van der Waals surface area contributed by atoms with Crippen LogP contribution in [0.15, 0.2) is 6.33 Å². The number of nitrogens with zero attached hydrogens (tertiary/aromatic N) is 5. The molecule has 1 fully saturated rings. The third-order valence-electron chi connectivity index (χ3n) is 5.12. The van der Waals surface area contributed by atoms with Crippen molar-refractivity contribution in [1.82, 2.24) is 24.6 Å². The van der Waals surface area contributed by atoms with Gasteiger partial charge in [-0.2, -0.15) is 9.97 Å². The molecule has 15 heteroatoms. The summed E-state index contributed by atoms with van der Waals surface area (Å²) in [5.41, 5.74) is 3.73. The Hall–Kier alpha value is -2.53. The highest BCUT2D eigenvalue weighted by molar-refractivity contribution is 8.02. The molecule has 1 unspecified atom stereocenters. The van der Waals surface area contributed by atoms with E-state index in [2.05, 4.69) is 20.0 Å². The molecular formula is C20H28FN7O5PS+. The molecule has 2 aromatic heterocycles. The third kappa shape index (κ3) is 5.50. The fourth-order valence-corrected chi connectivity index (χ4v) is 4.87. The lowest BCUT2D eigenvalue weighted by Crippen LogP contribution is -2.42. The van der Waals surface area contributed by atoms with Gasteiger partial charge < -0.3 is 25.2 Å². The van der Waals surface area contributed by atoms with E-state index in [1.165, 1.54) is 10.9 Å². The van der Waals surface area contributed by atoms with Crippen LogP contribution in [0.3, 0.4) is 0 Å². The Balaban J connectivity index is 1.78. The first-order valence-electron chi connectivity index (χ1n) is 10.6. The molecule has 0 saturated carbocycles. The van der Waals surface area contributed by atoms with Crippen LogP contribution in [0.2, 0.25) is 0 Å². The number of carbonyl (C=O) groups excluding carboxylic acids is 1. The average molecular weight is 529 g/mol. The molecule has 2 aromatic rings. The van der Waals surface area contributed by atoms with Crippen molar-refractivity contribution in [1.29, 1.82) is 0 Å². The summed E-state index contributed by atoms with van der Waals surface area (Å²) in [6.45, 7) is 4.75. The molecule has 1 saturated heterocycles. The SMILES string of the molecule is C#C[C@@]1(F)[C@H](O)[C@@H](CO[P+](=S)N[C@H](C)C(=O)OC(C)C)O[C@H]1n1cnc2c(N(C)C)nc(N)nc21. The molecule has 4 N–H and O–H groups in total. The molecular weight excluding hydrogens is 500 g/mol. The first-order valence-corrected chi connectivity index (χ1v) is 12.9. The predicted octanol–water partition coefficient (Wildman–Crippen LogP) is 0.794. The van der Waals surface area contributed by atoms with Gasteiger partial charge in [0.05, 0.1) is 12.4 Å². The summed E-state index contributed by atoms with van der Waals surface area (Å²) in [5, 5.41) is 13.5. The predicted molar refractivity (Wildman–Crippen MR) is 131 cm³/mol. The average Bonchev–Trinajstić information content (AvgIpc) is 3.30. The number of aliphatic hydroxyl groups excluding tert-OH is 1. The number of halogens is 1. The van der Waals surface area contributed by atoms with Crippen molar-refractivity contribution in [2.45, 2.75) is 57.0 Å². The van der Waals surface area contributed by atoms with Gasteiger partial charge in [0.15, 0.2) is 23.2 Å². The normalized spacial score (nSPS) is 25.5. The molecule has 190 valence electrons. The summed E-state index contributed by atoms with van der Waals surface area (Å²) in [6, 6.07) is -0.720. The minimum atomic E-state index is -2.63. The number of ether oxygens (including phenoxy) is 2. The Kier molecular flexibility index (Phi) is 8.21. The third-order valence-corrected chi connectivity index (χ3v) is 6.74. The van der Waals surface area contributed by atoms with Crippen LogP contribution in [-0.4, -0.2) is 81.3 Å². The van der Waals surface area contributed by atoms with Crippen molar-refractivity contribution in [2.24, 2.45) is 0 Å². The fraction of sp³-hybridized carbons (Fsp3) is 0.600. The summed E-state index contributed by atoms with van der Waals surface area (Å²) < 4.78 is 33.6. The minimum absolute atomic E-state index is 0.0560. The summed E-state index contributed by atoms with van der Waals surface area (Å²) in [4.78, 5) is 26.2. The van der Waals surface area contributed by atoms with Gasteiger partial charge in [0.1, 0.15) is 24.9 Å². The van der Waals surface area contributed by atoms with Gasteiger partial charge >= 0.3 is 13.0 Å². The number of alkyl halides is 1.